The fourth-order valence-corrected chi connectivity index (χ4v) is 2.31. The van der Waals surface area contributed by atoms with E-state index in [1.807, 2.05) is 24.3 Å². The lowest BCUT2D eigenvalue weighted by atomic mass is 9.96. The number of rotatable bonds is 0. The lowest BCUT2D eigenvalue weighted by Gasteiger charge is -2.06. The van der Waals surface area contributed by atoms with Crippen molar-refractivity contribution < 1.29 is 0 Å². The Kier molecular flexibility index (Phi) is 2.09. The highest BCUT2D eigenvalue weighted by Gasteiger charge is 2.06. The number of nitriles is 1. The van der Waals surface area contributed by atoms with E-state index in [-0.39, 0.29) is 0 Å². The molecule has 80 valence electrons. The molecular formula is C16H11N. The number of benzene rings is 3. The van der Waals surface area contributed by atoms with Crippen LogP contribution in [0.2, 0.25) is 0 Å². The topological polar surface area (TPSA) is 23.8 Å². The van der Waals surface area contributed by atoms with E-state index in [0.717, 1.165) is 27.1 Å². The molecule has 0 spiro atoms. The van der Waals surface area contributed by atoms with Gasteiger partial charge in [0, 0.05) is 10.8 Å². The second kappa shape index (κ2) is 3.61. The van der Waals surface area contributed by atoms with Crippen molar-refractivity contribution in [2.75, 3.05) is 0 Å². The lowest BCUT2D eigenvalue weighted by molar-refractivity contribution is 1.49. The SMILES string of the molecule is Cc1ccc2c(C#N)c3ccccc3cc2c1. The molecule has 0 unspecified atom stereocenters. The van der Waals surface area contributed by atoms with Crippen LogP contribution in [0.25, 0.3) is 21.5 Å². The van der Waals surface area contributed by atoms with Gasteiger partial charge in [-0.25, -0.2) is 0 Å². The second-order valence-corrected chi connectivity index (χ2v) is 4.31. The first-order chi connectivity index (χ1) is 8.29. The zero-order chi connectivity index (χ0) is 11.8. The minimum Gasteiger partial charge on any atom is -0.192 e. The van der Waals surface area contributed by atoms with Crippen LogP contribution in [0.5, 0.6) is 0 Å². The zero-order valence-electron chi connectivity index (χ0n) is 9.57. The molecule has 0 radical (unpaired) electrons. The van der Waals surface area contributed by atoms with Crippen LogP contribution in [0, 0.1) is 18.3 Å². The van der Waals surface area contributed by atoms with Crippen LogP contribution in [-0.2, 0) is 0 Å². The maximum atomic E-state index is 9.35. The van der Waals surface area contributed by atoms with Crippen LogP contribution in [0.4, 0.5) is 0 Å². The Morgan fingerprint density at radius 3 is 2.47 bits per heavy atom. The lowest BCUT2D eigenvalue weighted by Crippen LogP contribution is -1.84. The molecule has 0 saturated heterocycles. The molecule has 1 nitrogen and oxygen atoms in total. The van der Waals surface area contributed by atoms with Crippen LogP contribution in [0.15, 0.2) is 48.5 Å². The predicted octanol–water partition coefficient (Wildman–Crippen LogP) is 4.17. The molecule has 0 atom stereocenters. The van der Waals surface area contributed by atoms with Gasteiger partial charge in [0.05, 0.1) is 5.56 Å². The minimum absolute atomic E-state index is 0.776. The Balaban J connectivity index is 2.59. The molecule has 0 saturated carbocycles. The first-order valence-corrected chi connectivity index (χ1v) is 5.62. The molecule has 0 aromatic heterocycles. The zero-order valence-corrected chi connectivity index (χ0v) is 9.57. The fraction of sp³-hybridized carbons (Fsp3) is 0.0625. The third-order valence-electron chi connectivity index (χ3n) is 3.13. The molecule has 0 bridgehead atoms. The molecule has 3 aromatic rings. The summed E-state index contributed by atoms with van der Waals surface area (Å²) < 4.78 is 0. The molecule has 0 heterocycles. The average Bonchev–Trinajstić information content (AvgIpc) is 2.35. The predicted molar refractivity (Wildman–Crippen MR) is 70.9 cm³/mol. The molecule has 3 aromatic carbocycles. The van der Waals surface area contributed by atoms with E-state index in [9.17, 15) is 5.26 Å². The van der Waals surface area contributed by atoms with Gasteiger partial charge in [0.1, 0.15) is 6.07 Å². The Labute approximate surface area is 99.9 Å². The first-order valence-electron chi connectivity index (χ1n) is 5.62. The molecule has 1 heteroatoms. The highest BCUT2D eigenvalue weighted by molar-refractivity contribution is 6.04. The number of aryl methyl sites for hydroxylation is 1. The molecule has 0 amide bonds. The monoisotopic (exact) mass is 217 g/mol. The van der Waals surface area contributed by atoms with Crippen LogP contribution in [0.3, 0.4) is 0 Å². The van der Waals surface area contributed by atoms with Crippen molar-refractivity contribution in [3.8, 4) is 6.07 Å². The highest BCUT2D eigenvalue weighted by atomic mass is 14.2. The van der Waals surface area contributed by atoms with Gasteiger partial charge in [0.15, 0.2) is 0 Å². The van der Waals surface area contributed by atoms with E-state index in [1.54, 1.807) is 0 Å². The van der Waals surface area contributed by atoms with Crippen molar-refractivity contribution >= 4 is 21.5 Å². The number of fused-ring (bicyclic) bond motifs is 2. The summed E-state index contributed by atoms with van der Waals surface area (Å²) in [6, 6.07) is 18.7. The summed E-state index contributed by atoms with van der Waals surface area (Å²) in [5, 5.41) is 13.7. The number of hydrogen-bond acceptors (Lipinski definition) is 1. The Hall–Kier alpha value is -2.33. The summed E-state index contributed by atoms with van der Waals surface area (Å²) in [5.41, 5.74) is 2.00. The van der Waals surface area contributed by atoms with E-state index in [0.29, 0.717) is 0 Å². The van der Waals surface area contributed by atoms with E-state index in [4.69, 9.17) is 0 Å². The molecule has 17 heavy (non-hydrogen) atoms. The van der Waals surface area contributed by atoms with Gasteiger partial charge in [0.25, 0.3) is 0 Å². The van der Waals surface area contributed by atoms with E-state index >= 15 is 0 Å². The summed E-state index contributed by atoms with van der Waals surface area (Å²) >= 11 is 0. The number of hydrogen-bond donors (Lipinski definition) is 0. The van der Waals surface area contributed by atoms with Crippen molar-refractivity contribution in [2.24, 2.45) is 0 Å². The standard InChI is InChI=1S/C16H11N/c1-11-6-7-15-13(8-11)9-12-4-2-3-5-14(12)16(15)10-17/h2-9H,1H3. The summed E-state index contributed by atoms with van der Waals surface area (Å²) in [4.78, 5) is 0. The molecular weight excluding hydrogens is 206 g/mol. The van der Waals surface area contributed by atoms with Gasteiger partial charge >= 0.3 is 0 Å². The van der Waals surface area contributed by atoms with Crippen LogP contribution in [0.1, 0.15) is 11.1 Å². The van der Waals surface area contributed by atoms with Gasteiger partial charge in [-0.2, -0.15) is 5.26 Å². The van der Waals surface area contributed by atoms with Gasteiger partial charge in [-0.3, -0.25) is 0 Å². The fourth-order valence-electron chi connectivity index (χ4n) is 2.31. The highest BCUT2D eigenvalue weighted by Crippen LogP contribution is 2.28. The summed E-state index contributed by atoms with van der Waals surface area (Å²) in [5.74, 6) is 0. The quantitative estimate of drug-likeness (QED) is 0.518. The van der Waals surface area contributed by atoms with Crippen LogP contribution in [-0.4, -0.2) is 0 Å². The van der Waals surface area contributed by atoms with Gasteiger partial charge in [-0.05, 0) is 23.8 Å². The average molecular weight is 217 g/mol. The first kappa shape index (κ1) is 9.86. The van der Waals surface area contributed by atoms with Gasteiger partial charge < -0.3 is 0 Å². The molecule has 0 aliphatic heterocycles. The minimum atomic E-state index is 0.776. The molecule has 0 fully saturated rings. The van der Waals surface area contributed by atoms with Crippen molar-refractivity contribution in [1.82, 2.24) is 0 Å². The van der Waals surface area contributed by atoms with Crippen LogP contribution < -0.4 is 0 Å². The Bertz CT molecular complexity index is 763. The third-order valence-corrected chi connectivity index (χ3v) is 3.13. The number of nitrogens with zero attached hydrogens (tertiary/aromatic N) is 1. The van der Waals surface area contributed by atoms with E-state index < -0.39 is 0 Å². The molecule has 0 N–H and O–H groups in total. The molecule has 3 rings (SSSR count). The Morgan fingerprint density at radius 1 is 0.882 bits per heavy atom. The Morgan fingerprint density at radius 2 is 1.65 bits per heavy atom. The largest absolute Gasteiger partial charge is 0.192 e. The van der Waals surface area contributed by atoms with Crippen LogP contribution >= 0.6 is 0 Å². The van der Waals surface area contributed by atoms with Crippen molar-refractivity contribution in [2.45, 2.75) is 6.92 Å². The molecule has 0 aliphatic rings. The summed E-state index contributed by atoms with van der Waals surface area (Å²) in [6.45, 7) is 2.07. The molecule has 0 aliphatic carbocycles. The van der Waals surface area contributed by atoms with Gasteiger partial charge in [-0.1, -0.05) is 48.0 Å². The normalized spacial score (nSPS) is 10.6. The van der Waals surface area contributed by atoms with Crippen molar-refractivity contribution in [3.05, 3.63) is 59.7 Å². The van der Waals surface area contributed by atoms with Crippen molar-refractivity contribution in [3.63, 3.8) is 0 Å². The van der Waals surface area contributed by atoms with Gasteiger partial charge in [0.2, 0.25) is 0 Å². The summed E-state index contributed by atoms with van der Waals surface area (Å²) in [7, 11) is 0. The third kappa shape index (κ3) is 1.46. The second-order valence-electron chi connectivity index (χ2n) is 4.31. The summed E-state index contributed by atoms with van der Waals surface area (Å²) in [6.07, 6.45) is 0. The van der Waals surface area contributed by atoms with E-state index in [2.05, 4.69) is 37.3 Å². The van der Waals surface area contributed by atoms with Crippen molar-refractivity contribution in [1.29, 1.82) is 5.26 Å². The maximum Gasteiger partial charge on any atom is 0.100 e. The van der Waals surface area contributed by atoms with Gasteiger partial charge in [-0.15, -0.1) is 0 Å². The smallest absolute Gasteiger partial charge is 0.100 e. The van der Waals surface area contributed by atoms with E-state index in [1.165, 1.54) is 5.56 Å². The maximum absolute atomic E-state index is 9.35.